The lowest BCUT2D eigenvalue weighted by Gasteiger charge is -2.20. The standard InChI is InChI=1S/C20H18ClF2N5O3/c21-20(22,23)31-15-3-1-13(2-4-15)27-19(30)12-9-16(17-24-6-7-25-17)18(26-10-12)28-8-5-14(29)11-28/h1-4,6-7,9-10,14,29H,5,8,11H2,(H,24,25)(H,27,30). The molecule has 1 atom stereocenters. The van der Waals surface area contributed by atoms with Gasteiger partial charge in [-0.05, 0) is 36.8 Å². The van der Waals surface area contributed by atoms with Crippen LogP contribution in [0.5, 0.6) is 5.75 Å². The minimum Gasteiger partial charge on any atom is -0.420 e. The maximum Gasteiger partial charge on any atom is 0.487 e. The van der Waals surface area contributed by atoms with E-state index in [2.05, 4.69) is 25.0 Å². The number of imidazole rings is 1. The highest BCUT2D eigenvalue weighted by molar-refractivity contribution is 6.20. The maximum absolute atomic E-state index is 12.7. The van der Waals surface area contributed by atoms with Gasteiger partial charge in [-0.2, -0.15) is 0 Å². The van der Waals surface area contributed by atoms with Gasteiger partial charge < -0.3 is 25.0 Å². The normalized spacial score (nSPS) is 16.4. The Hall–Kier alpha value is -3.24. The number of β-amino-alcohol motifs (C(OH)–C–C–N with tert-alkyl or cyclic N) is 1. The molecule has 0 bridgehead atoms. The van der Waals surface area contributed by atoms with Crippen molar-refractivity contribution in [2.24, 2.45) is 0 Å². The van der Waals surface area contributed by atoms with E-state index in [1.165, 1.54) is 30.5 Å². The van der Waals surface area contributed by atoms with Gasteiger partial charge in [0.1, 0.15) is 17.4 Å². The zero-order valence-electron chi connectivity index (χ0n) is 16.1. The molecule has 11 heteroatoms. The van der Waals surface area contributed by atoms with Gasteiger partial charge in [0, 0.05) is 49.0 Å². The highest BCUT2D eigenvalue weighted by Crippen LogP contribution is 2.30. The molecule has 0 saturated carbocycles. The van der Waals surface area contributed by atoms with Crippen LogP contribution in [0.4, 0.5) is 20.3 Å². The number of nitrogens with one attached hydrogen (secondary N) is 2. The summed E-state index contributed by atoms with van der Waals surface area (Å²) in [5.74, 6) is 0.579. The van der Waals surface area contributed by atoms with Gasteiger partial charge in [-0.25, -0.2) is 9.97 Å². The third-order valence-corrected chi connectivity index (χ3v) is 4.77. The molecule has 1 saturated heterocycles. The molecule has 1 aliphatic rings. The average Bonchev–Trinajstić information content (AvgIpc) is 3.40. The van der Waals surface area contributed by atoms with Crippen LogP contribution in [0.25, 0.3) is 11.4 Å². The summed E-state index contributed by atoms with van der Waals surface area (Å²) in [5.41, 5.74) is -2.53. The van der Waals surface area contributed by atoms with Crippen molar-refractivity contribution in [2.75, 3.05) is 23.3 Å². The zero-order valence-corrected chi connectivity index (χ0v) is 16.8. The topological polar surface area (TPSA) is 103 Å². The van der Waals surface area contributed by atoms with E-state index in [0.29, 0.717) is 42.4 Å². The van der Waals surface area contributed by atoms with Crippen LogP contribution >= 0.6 is 11.6 Å². The highest BCUT2D eigenvalue weighted by atomic mass is 35.5. The number of pyridine rings is 1. The van der Waals surface area contributed by atoms with Crippen molar-refractivity contribution in [2.45, 2.75) is 18.1 Å². The molecule has 1 unspecified atom stereocenters. The molecule has 31 heavy (non-hydrogen) atoms. The van der Waals surface area contributed by atoms with Gasteiger partial charge in [0.05, 0.1) is 17.2 Å². The Labute approximate surface area is 180 Å². The fraction of sp³-hybridized carbons (Fsp3) is 0.250. The lowest BCUT2D eigenvalue weighted by Crippen LogP contribution is -2.23. The molecule has 162 valence electrons. The minimum absolute atomic E-state index is 0.142. The number of rotatable bonds is 6. The lowest BCUT2D eigenvalue weighted by atomic mass is 10.1. The Kier molecular flexibility index (Phi) is 5.75. The second-order valence-electron chi connectivity index (χ2n) is 6.95. The number of anilines is 2. The van der Waals surface area contributed by atoms with Gasteiger partial charge >= 0.3 is 5.57 Å². The van der Waals surface area contributed by atoms with E-state index < -0.39 is 17.6 Å². The van der Waals surface area contributed by atoms with E-state index in [0.717, 1.165) is 0 Å². The fourth-order valence-electron chi connectivity index (χ4n) is 3.30. The summed E-state index contributed by atoms with van der Waals surface area (Å²) in [6.45, 7) is 1.09. The molecule has 8 nitrogen and oxygen atoms in total. The van der Waals surface area contributed by atoms with Crippen LogP contribution in [0.15, 0.2) is 48.9 Å². The molecule has 3 heterocycles. The molecule has 1 aromatic carbocycles. The van der Waals surface area contributed by atoms with Crippen molar-refractivity contribution >= 4 is 29.0 Å². The summed E-state index contributed by atoms with van der Waals surface area (Å²) in [4.78, 5) is 26.4. The smallest absolute Gasteiger partial charge is 0.420 e. The molecular formula is C20H18ClF2N5O3. The van der Waals surface area contributed by atoms with Crippen LogP contribution in [-0.4, -0.2) is 50.7 Å². The number of H-pyrrole nitrogens is 1. The van der Waals surface area contributed by atoms with Crippen molar-refractivity contribution in [3.8, 4) is 17.1 Å². The number of nitrogens with zero attached hydrogens (tertiary/aromatic N) is 3. The van der Waals surface area contributed by atoms with Gasteiger partial charge in [0.2, 0.25) is 0 Å². The van der Waals surface area contributed by atoms with Crippen molar-refractivity contribution in [1.29, 1.82) is 0 Å². The maximum atomic E-state index is 12.7. The second kappa shape index (κ2) is 8.48. The van der Waals surface area contributed by atoms with Crippen LogP contribution in [0, 0.1) is 0 Å². The van der Waals surface area contributed by atoms with E-state index in [4.69, 9.17) is 11.6 Å². The average molecular weight is 450 g/mol. The molecule has 1 aliphatic heterocycles. The predicted molar refractivity (Wildman–Crippen MR) is 110 cm³/mol. The number of aromatic amines is 1. The van der Waals surface area contributed by atoms with E-state index in [1.807, 2.05) is 4.90 Å². The molecule has 3 aromatic rings. The number of carbonyl (C=O) groups is 1. The van der Waals surface area contributed by atoms with Crippen LogP contribution in [-0.2, 0) is 0 Å². The number of aliphatic hydroxyl groups excluding tert-OH is 1. The molecule has 2 aromatic heterocycles. The van der Waals surface area contributed by atoms with Crippen molar-refractivity contribution < 1.29 is 23.4 Å². The quantitative estimate of drug-likeness (QED) is 0.498. The number of alkyl halides is 3. The molecule has 0 radical (unpaired) electrons. The number of halogens is 3. The monoisotopic (exact) mass is 449 g/mol. The van der Waals surface area contributed by atoms with Gasteiger partial charge in [-0.1, -0.05) is 0 Å². The first-order valence-corrected chi connectivity index (χ1v) is 9.76. The van der Waals surface area contributed by atoms with Gasteiger partial charge in [-0.3, -0.25) is 4.79 Å². The van der Waals surface area contributed by atoms with Crippen LogP contribution in [0.3, 0.4) is 0 Å². The number of hydrogen-bond acceptors (Lipinski definition) is 6. The highest BCUT2D eigenvalue weighted by Gasteiger charge is 2.28. The fourth-order valence-corrected chi connectivity index (χ4v) is 3.39. The number of hydrogen-bond donors (Lipinski definition) is 3. The first kappa shape index (κ1) is 21.0. The van der Waals surface area contributed by atoms with E-state index >= 15 is 0 Å². The van der Waals surface area contributed by atoms with Gasteiger partial charge in [0.25, 0.3) is 5.91 Å². The third kappa shape index (κ3) is 5.09. The van der Waals surface area contributed by atoms with E-state index in [-0.39, 0.29) is 11.3 Å². The minimum atomic E-state index is -3.81. The van der Waals surface area contributed by atoms with Gasteiger partial charge in [-0.15, -0.1) is 8.78 Å². The molecule has 0 spiro atoms. The molecular weight excluding hydrogens is 432 g/mol. The van der Waals surface area contributed by atoms with E-state index in [1.54, 1.807) is 18.5 Å². The first-order valence-electron chi connectivity index (χ1n) is 9.38. The van der Waals surface area contributed by atoms with Crippen molar-refractivity contribution in [3.63, 3.8) is 0 Å². The number of aliphatic hydroxyl groups is 1. The zero-order chi connectivity index (χ0) is 22.0. The SMILES string of the molecule is O=C(Nc1ccc(OC(F)(F)Cl)cc1)c1cnc(N2CCC(O)C2)c(-c2ncc[nH]2)c1. The Balaban J connectivity index is 1.55. The number of amides is 1. The summed E-state index contributed by atoms with van der Waals surface area (Å²) >= 11 is 4.74. The van der Waals surface area contributed by atoms with Crippen molar-refractivity contribution in [1.82, 2.24) is 15.0 Å². The largest absolute Gasteiger partial charge is 0.487 e. The lowest BCUT2D eigenvalue weighted by molar-refractivity contribution is -0.0964. The summed E-state index contributed by atoms with van der Waals surface area (Å²) in [6, 6.07) is 7.01. The van der Waals surface area contributed by atoms with E-state index in [9.17, 15) is 18.7 Å². The Morgan fingerprint density at radius 1 is 1.32 bits per heavy atom. The van der Waals surface area contributed by atoms with Crippen LogP contribution in [0.1, 0.15) is 16.8 Å². The number of benzene rings is 1. The summed E-state index contributed by atoms with van der Waals surface area (Å²) in [7, 11) is 0. The summed E-state index contributed by atoms with van der Waals surface area (Å²) in [5, 5.41) is 12.5. The van der Waals surface area contributed by atoms with Crippen molar-refractivity contribution in [3.05, 3.63) is 54.5 Å². The molecule has 1 fully saturated rings. The van der Waals surface area contributed by atoms with Crippen LogP contribution in [0.2, 0.25) is 0 Å². The Morgan fingerprint density at radius 2 is 2.10 bits per heavy atom. The summed E-state index contributed by atoms with van der Waals surface area (Å²) < 4.78 is 29.7. The number of ether oxygens (including phenoxy) is 1. The number of aromatic nitrogens is 3. The Bertz CT molecular complexity index is 1060. The molecule has 4 rings (SSSR count). The predicted octanol–water partition coefficient (Wildman–Crippen LogP) is 3.46. The third-order valence-electron chi connectivity index (χ3n) is 4.69. The summed E-state index contributed by atoms with van der Waals surface area (Å²) in [6.07, 6.45) is 4.90. The molecule has 3 N–H and O–H groups in total. The second-order valence-corrected chi connectivity index (χ2v) is 7.39. The molecule has 1 amide bonds. The number of carbonyl (C=O) groups excluding carboxylic acids is 1. The Morgan fingerprint density at radius 3 is 2.71 bits per heavy atom. The first-order chi connectivity index (χ1) is 14.8. The van der Waals surface area contributed by atoms with Gasteiger partial charge in [0.15, 0.2) is 0 Å². The van der Waals surface area contributed by atoms with Crippen LogP contribution < -0.4 is 15.0 Å². The molecule has 0 aliphatic carbocycles.